The van der Waals surface area contributed by atoms with Gasteiger partial charge in [-0.25, -0.2) is 4.79 Å². The Morgan fingerprint density at radius 3 is 2.38 bits per heavy atom. The van der Waals surface area contributed by atoms with Crippen molar-refractivity contribution in [3.63, 3.8) is 0 Å². The predicted molar refractivity (Wildman–Crippen MR) is 62.3 cm³/mol. The molecule has 92 valence electrons. The van der Waals surface area contributed by atoms with Crippen molar-refractivity contribution in [3.8, 4) is 0 Å². The summed E-state index contributed by atoms with van der Waals surface area (Å²) in [6, 6.07) is 0.217. The predicted octanol–water partition coefficient (Wildman–Crippen LogP) is 1.44. The summed E-state index contributed by atoms with van der Waals surface area (Å²) >= 11 is 0. The van der Waals surface area contributed by atoms with E-state index in [1.807, 2.05) is 9.80 Å². The number of carbonyl (C=O) groups excluding carboxylic acids is 1. The van der Waals surface area contributed by atoms with E-state index in [2.05, 4.69) is 0 Å². The largest absolute Gasteiger partial charge is 0.394 e. The highest BCUT2D eigenvalue weighted by Crippen LogP contribution is 2.20. The molecule has 0 aromatic rings. The van der Waals surface area contributed by atoms with Crippen molar-refractivity contribution in [2.45, 2.75) is 44.6 Å². The number of carbonyl (C=O) groups is 1. The average Bonchev–Trinajstić information content (AvgIpc) is 2.61. The van der Waals surface area contributed by atoms with Crippen molar-refractivity contribution >= 4 is 6.03 Å². The van der Waals surface area contributed by atoms with Gasteiger partial charge < -0.3 is 14.9 Å². The first-order chi connectivity index (χ1) is 7.83. The minimum Gasteiger partial charge on any atom is -0.394 e. The van der Waals surface area contributed by atoms with Crippen molar-refractivity contribution in [1.29, 1.82) is 0 Å². The molecule has 0 radical (unpaired) electrons. The molecule has 0 aliphatic carbocycles. The Kier molecular flexibility index (Phi) is 4.04. The molecule has 0 spiro atoms. The van der Waals surface area contributed by atoms with Crippen molar-refractivity contribution < 1.29 is 9.90 Å². The third kappa shape index (κ3) is 2.48. The van der Waals surface area contributed by atoms with Crippen LogP contribution in [0.1, 0.15) is 38.5 Å². The van der Waals surface area contributed by atoms with E-state index >= 15 is 0 Å². The summed E-state index contributed by atoms with van der Waals surface area (Å²) in [6.45, 7) is 2.72. The molecule has 4 heteroatoms. The van der Waals surface area contributed by atoms with Crippen molar-refractivity contribution in [2.24, 2.45) is 0 Å². The van der Waals surface area contributed by atoms with E-state index in [0.29, 0.717) is 0 Å². The van der Waals surface area contributed by atoms with E-state index in [0.717, 1.165) is 45.3 Å². The van der Waals surface area contributed by atoms with Crippen LogP contribution in [-0.2, 0) is 0 Å². The first-order valence-corrected chi connectivity index (χ1v) is 6.49. The van der Waals surface area contributed by atoms with Crippen LogP contribution in [0.15, 0.2) is 0 Å². The van der Waals surface area contributed by atoms with Gasteiger partial charge in [-0.1, -0.05) is 12.8 Å². The molecule has 2 fully saturated rings. The second-order valence-corrected chi connectivity index (χ2v) is 4.86. The summed E-state index contributed by atoms with van der Waals surface area (Å²) in [5.74, 6) is 0. The highest BCUT2D eigenvalue weighted by molar-refractivity contribution is 5.75. The number of hydrogen-bond acceptors (Lipinski definition) is 2. The number of rotatable bonds is 1. The van der Waals surface area contributed by atoms with Gasteiger partial charge in [-0.3, -0.25) is 0 Å². The van der Waals surface area contributed by atoms with Crippen LogP contribution < -0.4 is 0 Å². The monoisotopic (exact) mass is 226 g/mol. The summed E-state index contributed by atoms with van der Waals surface area (Å²) in [4.78, 5) is 16.1. The van der Waals surface area contributed by atoms with Crippen molar-refractivity contribution in [1.82, 2.24) is 9.80 Å². The Bertz CT molecular complexity index is 237. The molecule has 0 saturated carbocycles. The van der Waals surface area contributed by atoms with Crippen LogP contribution in [0.2, 0.25) is 0 Å². The summed E-state index contributed by atoms with van der Waals surface area (Å²) in [7, 11) is 0. The fourth-order valence-electron chi connectivity index (χ4n) is 2.72. The van der Waals surface area contributed by atoms with E-state index in [1.165, 1.54) is 12.8 Å². The SMILES string of the molecule is O=C(N1CCCCCC1)N1CCCC1CO. The van der Waals surface area contributed by atoms with Crippen LogP contribution in [-0.4, -0.2) is 53.2 Å². The molecule has 1 unspecified atom stereocenters. The normalized spacial score (nSPS) is 26.9. The molecule has 0 bridgehead atoms. The number of nitrogens with zero attached hydrogens (tertiary/aromatic N) is 2. The molecule has 2 amide bonds. The number of aliphatic hydroxyl groups excluding tert-OH is 1. The number of aliphatic hydroxyl groups is 1. The molecule has 2 aliphatic rings. The zero-order valence-electron chi connectivity index (χ0n) is 9.90. The summed E-state index contributed by atoms with van der Waals surface area (Å²) in [5, 5.41) is 9.23. The lowest BCUT2D eigenvalue weighted by Crippen LogP contribution is -2.46. The average molecular weight is 226 g/mol. The molecule has 0 aromatic carbocycles. The van der Waals surface area contributed by atoms with E-state index in [1.54, 1.807) is 0 Å². The topological polar surface area (TPSA) is 43.8 Å². The van der Waals surface area contributed by atoms with E-state index in [-0.39, 0.29) is 18.7 Å². The molecule has 4 nitrogen and oxygen atoms in total. The Balaban J connectivity index is 1.94. The second-order valence-electron chi connectivity index (χ2n) is 4.86. The van der Waals surface area contributed by atoms with E-state index in [9.17, 15) is 9.90 Å². The van der Waals surface area contributed by atoms with Gasteiger partial charge in [0.05, 0.1) is 12.6 Å². The molecular weight excluding hydrogens is 204 g/mol. The maximum Gasteiger partial charge on any atom is 0.320 e. The van der Waals surface area contributed by atoms with Crippen molar-refractivity contribution in [2.75, 3.05) is 26.2 Å². The van der Waals surface area contributed by atoms with Gasteiger partial charge in [0.1, 0.15) is 0 Å². The molecule has 1 N–H and O–H groups in total. The second kappa shape index (κ2) is 5.53. The molecule has 0 aromatic heterocycles. The summed E-state index contributed by atoms with van der Waals surface area (Å²) in [6.07, 6.45) is 6.73. The summed E-state index contributed by atoms with van der Waals surface area (Å²) in [5.41, 5.74) is 0. The van der Waals surface area contributed by atoms with Gasteiger partial charge in [-0.05, 0) is 25.7 Å². The number of urea groups is 1. The first-order valence-electron chi connectivity index (χ1n) is 6.49. The van der Waals surface area contributed by atoms with Gasteiger partial charge in [0, 0.05) is 19.6 Å². The minimum absolute atomic E-state index is 0.0655. The molecular formula is C12H22N2O2. The lowest BCUT2D eigenvalue weighted by Gasteiger charge is -2.30. The Morgan fingerprint density at radius 2 is 1.75 bits per heavy atom. The van der Waals surface area contributed by atoms with E-state index < -0.39 is 0 Å². The standard InChI is InChI=1S/C12H22N2O2/c15-10-11-6-5-9-14(11)12(16)13-7-3-1-2-4-8-13/h11,15H,1-10H2. The van der Waals surface area contributed by atoms with Crippen LogP contribution in [0.25, 0.3) is 0 Å². The van der Waals surface area contributed by atoms with Gasteiger partial charge in [0.2, 0.25) is 0 Å². The van der Waals surface area contributed by atoms with Gasteiger partial charge in [0.15, 0.2) is 0 Å². The molecule has 2 heterocycles. The zero-order chi connectivity index (χ0) is 11.4. The minimum atomic E-state index is 0.0655. The number of amides is 2. The van der Waals surface area contributed by atoms with Crippen molar-refractivity contribution in [3.05, 3.63) is 0 Å². The smallest absolute Gasteiger partial charge is 0.320 e. The van der Waals surface area contributed by atoms with Crippen LogP contribution in [0.5, 0.6) is 0 Å². The van der Waals surface area contributed by atoms with Gasteiger partial charge in [-0.15, -0.1) is 0 Å². The molecule has 2 rings (SSSR count). The van der Waals surface area contributed by atoms with Crippen LogP contribution >= 0.6 is 0 Å². The Labute approximate surface area is 97.2 Å². The molecule has 2 saturated heterocycles. The van der Waals surface area contributed by atoms with Gasteiger partial charge in [0.25, 0.3) is 0 Å². The Hall–Kier alpha value is -0.770. The third-order valence-corrected chi connectivity index (χ3v) is 3.71. The lowest BCUT2D eigenvalue weighted by molar-refractivity contribution is 0.126. The highest BCUT2D eigenvalue weighted by atomic mass is 16.3. The zero-order valence-corrected chi connectivity index (χ0v) is 9.90. The van der Waals surface area contributed by atoms with Gasteiger partial charge >= 0.3 is 6.03 Å². The third-order valence-electron chi connectivity index (χ3n) is 3.71. The fourth-order valence-corrected chi connectivity index (χ4v) is 2.72. The summed E-state index contributed by atoms with van der Waals surface area (Å²) < 4.78 is 0. The Morgan fingerprint density at radius 1 is 1.06 bits per heavy atom. The van der Waals surface area contributed by atoms with Crippen LogP contribution in [0.3, 0.4) is 0 Å². The first kappa shape index (κ1) is 11.7. The highest BCUT2D eigenvalue weighted by Gasteiger charge is 2.31. The molecule has 2 aliphatic heterocycles. The number of hydrogen-bond donors (Lipinski definition) is 1. The fraction of sp³-hybridized carbons (Fsp3) is 0.917. The van der Waals surface area contributed by atoms with Gasteiger partial charge in [-0.2, -0.15) is 0 Å². The maximum absolute atomic E-state index is 12.3. The lowest BCUT2D eigenvalue weighted by atomic mass is 10.2. The quantitative estimate of drug-likeness (QED) is 0.735. The van der Waals surface area contributed by atoms with Crippen LogP contribution in [0, 0.1) is 0 Å². The van der Waals surface area contributed by atoms with E-state index in [4.69, 9.17) is 0 Å². The maximum atomic E-state index is 12.3. The number of likely N-dealkylation sites (tertiary alicyclic amines) is 2. The van der Waals surface area contributed by atoms with Crippen LogP contribution in [0.4, 0.5) is 4.79 Å². The molecule has 16 heavy (non-hydrogen) atoms. The molecule has 1 atom stereocenters.